The quantitative estimate of drug-likeness (QED) is 0.792. The number of nitriles is 1. The van der Waals surface area contributed by atoms with Crippen LogP contribution in [0.25, 0.3) is 0 Å². The molecule has 0 spiro atoms. The van der Waals surface area contributed by atoms with Gasteiger partial charge in [-0.3, -0.25) is 0 Å². The molecule has 4 nitrogen and oxygen atoms in total. The summed E-state index contributed by atoms with van der Waals surface area (Å²) in [5, 5.41) is 12.7. The number of nitrogen functional groups attached to an aromatic ring is 1. The van der Waals surface area contributed by atoms with Crippen molar-refractivity contribution < 1.29 is 0 Å². The zero-order valence-electron chi connectivity index (χ0n) is 8.09. The summed E-state index contributed by atoms with van der Waals surface area (Å²) in [7, 11) is 0. The lowest BCUT2D eigenvalue weighted by Crippen LogP contribution is -2.05. The van der Waals surface area contributed by atoms with E-state index in [0.29, 0.717) is 17.9 Å². The van der Waals surface area contributed by atoms with Gasteiger partial charge in [0.15, 0.2) is 0 Å². The maximum atomic E-state index is 8.64. The van der Waals surface area contributed by atoms with E-state index in [4.69, 9.17) is 11.0 Å². The summed E-state index contributed by atoms with van der Waals surface area (Å²) in [6, 6.07) is 11.2. The lowest BCUT2D eigenvalue weighted by Gasteiger charge is -2.03. The first-order valence-corrected chi connectivity index (χ1v) is 4.56. The van der Waals surface area contributed by atoms with Crippen LogP contribution in [-0.4, -0.2) is 9.78 Å². The lowest BCUT2D eigenvalue weighted by molar-refractivity contribution is 0.697. The summed E-state index contributed by atoms with van der Waals surface area (Å²) in [6.07, 6.45) is 1.67. The summed E-state index contributed by atoms with van der Waals surface area (Å²) in [5.41, 5.74) is 7.43. The molecule has 1 aromatic heterocycles. The van der Waals surface area contributed by atoms with Gasteiger partial charge < -0.3 is 5.73 Å². The topological polar surface area (TPSA) is 67.6 Å². The van der Waals surface area contributed by atoms with E-state index in [2.05, 4.69) is 11.2 Å². The highest BCUT2D eigenvalue weighted by atomic mass is 15.3. The highest BCUT2D eigenvalue weighted by Crippen LogP contribution is 2.08. The van der Waals surface area contributed by atoms with Crippen LogP contribution in [0.15, 0.2) is 36.5 Å². The largest absolute Gasteiger partial charge is 0.384 e. The van der Waals surface area contributed by atoms with Gasteiger partial charge in [-0.05, 0) is 23.8 Å². The number of nitrogens with zero attached hydrogens (tertiary/aromatic N) is 3. The van der Waals surface area contributed by atoms with E-state index in [1.807, 2.05) is 12.1 Å². The fourth-order valence-electron chi connectivity index (χ4n) is 1.33. The van der Waals surface area contributed by atoms with Crippen molar-refractivity contribution >= 4 is 5.82 Å². The lowest BCUT2D eigenvalue weighted by atomic mass is 10.1. The predicted octanol–water partition coefficient (Wildman–Crippen LogP) is 1.39. The van der Waals surface area contributed by atoms with Crippen molar-refractivity contribution in [1.29, 1.82) is 5.26 Å². The molecule has 2 aromatic rings. The van der Waals surface area contributed by atoms with Gasteiger partial charge in [0.25, 0.3) is 0 Å². The Labute approximate surface area is 87.6 Å². The number of anilines is 1. The summed E-state index contributed by atoms with van der Waals surface area (Å²) in [5.74, 6) is 0.638. The van der Waals surface area contributed by atoms with Crippen LogP contribution in [0.2, 0.25) is 0 Å². The summed E-state index contributed by atoms with van der Waals surface area (Å²) >= 11 is 0. The predicted molar refractivity (Wildman–Crippen MR) is 56.9 cm³/mol. The molecule has 0 aliphatic rings. The number of aromatic nitrogens is 2. The van der Waals surface area contributed by atoms with Crippen LogP contribution in [0.4, 0.5) is 5.82 Å². The highest BCUT2D eigenvalue weighted by Gasteiger charge is 1.99. The average molecular weight is 198 g/mol. The molecular weight excluding hydrogens is 188 g/mol. The van der Waals surface area contributed by atoms with E-state index >= 15 is 0 Å². The molecule has 0 radical (unpaired) electrons. The van der Waals surface area contributed by atoms with Crippen molar-refractivity contribution in [3.63, 3.8) is 0 Å². The standard InChI is InChI=1S/C11H10N4/c12-7-9-1-3-10(4-2-9)8-15-11(13)5-6-14-15/h1-6H,8,13H2. The molecule has 15 heavy (non-hydrogen) atoms. The van der Waals surface area contributed by atoms with Crippen molar-refractivity contribution in [1.82, 2.24) is 9.78 Å². The van der Waals surface area contributed by atoms with Gasteiger partial charge in [-0.2, -0.15) is 10.4 Å². The first-order chi connectivity index (χ1) is 7.29. The van der Waals surface area contributed by atoms with Gasteiger partial charge in [-0.15, -0.1) is 0 Å². The Morgan fingerprint density at radius 3 is 2.53 bits per heavy atom. The first kappa shape index (κ1) is 9.28. The maximum absolute atomic E-state index is 8.64. The van der Waals surface area contributed by atoms with E-state index in [1.165, 1.54) is 0 Å². The molecule has 0 saturated carbocycles. The molecule has 2 N–H and O–H groups in total. The molecule has 1 aromatic carbocycles. The number of nitrogens with two attached hydrogens (primary N) is 1. The Bertz CT molecular complexity index is 490. The SMILES string of the molecule is N#Cc1ccc(Cn2nccc2N)cc1. The van der Waals surface area contributed by atoms with Crippen molar-refractivity contribution in [2.75, 3.05) is 5.73 Å². The van der Waals surface area contributed by atoms with Gasteiger partial charge in [-0.1, -0.05) is 12.1 Å². The summed E-state index contributed by atoms with van der Waals surface area (Å²) < 4.78 is 1.71. The first-order valence-electron chi connectivity index (χ1n) is 4.56. The van der Waals surface area contributed by atoms with Crippen molar-refractivity contribution in [3.05, 3.63) is 47.7 Å². The van der Waals surface area contributed by atoms with Gasteiger partial charge in [0, 0.05) is 0 Å². The monoisotopic (exact) mass is 198 g/mol. The minimum atomic E-state index is 0.630. The van der Waals surface area contributed by atoms with Crippen molar-refractivity contribution in [2.24, 2.45) is 0 Å². The van der Waals surface area contributed by atoms with E-state index in [0.717, 1.165) is 5.56 Å². The second kappa shape index (κ2) is 3.84. The number of rotatable bonds is 2. The Balaban J connectivity index is 2.19. The molecule has 1 heterocycles. The third-order valence-corrected chi connectivity index (χ3v) is 2.16. The average Bonchev–Trinajstić information content (AvgIpc) is 2.66. The van der Waals surface area contributed by atoms with Crippen LogP contribution < -0.4 is 5.73 Å². The van der Waals surface area contributed by atoms with Crippen molar-refractivity contribution in [3.8, 4) is 6.07 Å². The summed E-state index contributed by atoms with van der Waals surface area (Å²) in [6.45, 7) is 0.630. The highest BCUT2D eigenvalue weighted by molar-refractivity contribution is 5.33. The Morgan fingerprint density at radius 2 is 2.00 bits per heavy atom. The minimum absolute atomic E-state index is 0.630. The molecule has 0 amide bonds. The van der Waals surface area contributed by atoms with Crippen LogP contribution in [-0.2, 0) is 6.54 Å². The van der Waals surface area contributed by atoms with E-state index in [9.17, 15) is 0 Å². The number of hydrogen-bond acceptors (Lipinski definition) is 3. The molecule has 0 aliphatic heterocycles. The number of benzene rings is 1. The fourth-order valence-corrected chi connectivity index (χ4v) is 1.33. The normalized spacial score (nSPS) is 9.80. The van der Waals surface area contributed by atoms with E-state index in [-0.39, 0.29) is 0 Å². The second-order valence-electron chi connectivity index (χ2n) is 3.22. The molecule has 0 bridgehead atoms. The van der Waals surface area contributed by atoms with Gasteiger partial charge in [-0.25, -0.2) is 4.68 Å². The fraction of sp³-hybridized carbons (Fsp3) is 0.0909. The zero-order chi connectivity index (χ0) is 10.7. The van der Waals surface area contributed by atoms with Gasteiger partial charge in [0.05, 0.1) is 24.4 Å². The Hall–Kier alpha value is -2.28. The Kier molecular flexibility index (Phi) is 2.38. The summed E-state index contributed by atoms with van der Waals surface area (Å²) in [4.78, 5) is 0. The second-order valence-corrected chi connectivity index (χ2v) is 3.22. The third-order valence-electron chi connectivity index (χ3n) is 2.16. The van der Waals surface area contributed by atoms with E-state index in [1.54, 1.807) is 29.1 Å². The minimum Gasteiger partial charge on any atom is -0.384 e. The van der Waals surface area contributed by atoms with Gasteiger partial charge in [0.1, 0.15) is 5.82 Å². The molecule has 0 saturated heterocycles. The molecular formula is C11H10N4. The van der Waals surface area contributed by atoms with Crippen LogP contribution in [0.1, 0.15) is 11.1 Å². The molecule has 4 heteroatoms. The maximum Gasteiger partial charge on any atom is 0.122 e. The zero-order valence-corrected chi connectivity index (χ0v) is 8.09. The molecule has 0 aliphatic carbocycles. The van der Waals surface area contributed by atoms with Crippen LogP contribution in [0.3, 0.4) is 0 Å². The molecule has 0 atom stereocenters. The van der Waals surface area contributed by atoms with Crippen LogP contribution in [0.5, 0.6) is 0 Å². The number of hydrogen-bond donors (Lipinski definition) is 1. The smallest absolute Gasteiger partial charge is 0.122 e. The molecule has 74 valence electrons. The van der Waals surface area contributed by atoms with Crippen molar-refractivity contribution in [2.45, 2.75) is 6.54 Å². The molecule has 2 rings (SSSR count). The third kappa shape index (κ3) is 1.97. The van der Waals surface area contributed by atoms with Crippen LogP contribution in [0, 0.1) is 11.3 Å². The van der Waals surface area contributed by atoms with E-state index < -0.39 is 0 Å². The molecule has 0 fully saturated rings. The van der Waals surface area contributed by atoms with Gasteiger partial charge in [0.2, 0.25) is 0 Å². The van der Waals surface area contributed by atoms with Crippen LogP contribution >= 0.6 is 0 Å². The Morgan fingerprint density at radius 1 is 1.27 bits per heavy atom. The molecule has 0 unspecified atom stereocenters. The van der Waals surface area contributed by atoms with Gasteiger partial charge >= 0.3 is 0 Å².